The van der Waals surface area contributed by atoms with Gasteiger partial charge in [-0.1, -0.05) is 0 Å². The Morgan fingerprint density at radius 2 is 2.20 bits per heavy atom. The molecule has 1 saturated heterocycles. The van der Waals surface area contributed by atoms with Crippen LogP contribution in [0.3, 0.4) is 0 Å². The van der Waals surface area contributed by atoms with E-state index in [2.05, 4.69) is 35.7 Å². The Labute approximate surface area is 94.2 Å². The van der Waals surface area contributed by atoms with Crippen LogP contribution in [-0.2, 0) is 0 Å². The molecule has 1 N–H and O–H groups in total. The number of hydrogen-bond donors (Lipinski definition) is 1. The molecule has 2 heterocycles. The van der Waals surface area contributed by atoms with E-state index < -0.39 is 0 Å². The summed E-state index contributed by atoms with van der Waals surface area (Å²) in [6.45, 7) is 7.43. The minimum atomic E-state index is 0.131. The number of anilines is 1. The molecule has 2 rings (SSSR count). The fourth-order valence-corrected chi connectivity index (χ4v) is 2.52. The minimum Gasteiger partial charge on any atom is -0.493 e. The molecule has 0 saturated carbocycles. The normalized spacial score (nSPS) is 21.9. The Morgan fingerprint density at radius 1 is 1.47 bits per heavy atom. The van der Waals surface area contributed by atoms with Crippen molar-refractivity contribution in [3.05, 3.63) is 5.38 Å². The van der Waals surface area contributed by atoms with Gasteiger partial charge in [0.2, 0.25) is 5.88 Å². The number of hydrogen-bond acceptors (Lipinski definition) is 5. The van der Waals surface area contributed by atoms with Gasteiger partial charge in [-0.25, -0.2) is 0 Å². The second-order valence-corrected chi connectivity index (χ2v) is 5.48. The SMILES string of the molecule is CN1CCN(c2nc(O)cs2)CC1(C)C. The molecule has 0 unspecified atom stereocenters. The lowest BCUT2D eigenvalue weighted by molar-refractivity contribution is 0.139. The van der Waals surface area contributed by atoms with Gasteiger partial charge in [0, 0.05) is 25.2 Å². The first kappa shape index (κ1) is 10.7. The third-order valence-electron chi connectivity index (χ3n) is 3.07. The molecule has 1 aromatic heterocycles. The van der Waals surface area contributed by atoms with Crippen LogP contribution in [0, 0.1) is 0 Å². The van der Waals surface area contributed by atoms with Crippen molar-refractivity contribution in [3.63, 3.8) is 0 Å². The maximum Gasteiger partial charge on any atom is 0.223 e. The van der Waals surface area contributed by atoms with Gasteiger partial charge in [0.1, 0.15) is 0 Å². The Kier molecular flexibility index (Phi) is 2.60. The van der Waals surface area contributed by atoms with Crippen LogP contribution in [0.1, 0.15) is 13.8 Å². The molecule has 1 fully saturated rings. The van der Waals surface area contributed by atoms with E-state index in [1.165, 1.54) is 11.3 Å². The number of rotatable bonds is 1. The van der Waals surface area contributed by atoms with Crippen molar-refractivity contribution in [2.24, 2.45) is 0 Å². The summed E-state index contributed by atoms with van der Waals surface area (Å²) in [5, 5.41) is 11.8. The highest BCUT2D eigenvalue weighted by Gasteiger charge is 2.32. The first-order valence-electron chi connectivity index (χ1n) is 5.10. The molecule has 4 nitrogen and oxygen atoms in total. The van der Waals surface area contributed by atoms with Crippen molar-refractivity contribution in [1.82, 2.24) is 9.88 Å². The highest BCUT2D eigenvalue weighted by molar-refractivity contribution is 7.13. The molecular formula is C10H17N3OS. The number of aromatic nitrogens is 1. The summed E-state index contributed by atoms with van der Waals surface area (Å²) >= 11 is 1.50. The Bertz CT molecular complexity index is 350. The van der Waals surface area contributed by atoms with Crippen molar-refractivity contribution in [1.29, 1.82) is 0 Å². The number of piperazine rings is 1. The van der Waals surface area contributed by atoms with Gasteiger partial charge in [0.25, 0.3) is 0 Å². The van der Waals surface area contributed by atoms with E-state index in [4.69, 9.17) is 0 Å². The van der Waals surface area contributed by atoms with Crippen LogP contribution in [0.5, 0.6) is 5.88 Å². The summed E-state index contributed by atoms with van der Waals surface area (Å²) in [6, 6.07) is 0. The smallest absolute Gasteiger partial charge is 0.223 e. The molecule has 84 valence electrons. The highest BCUT2D eigenvalue weighted by Crippen LogP contribution is 2.28. The predicted octanol–water partition coefficient (Wildman–Crippen LogP) is 1.38. The van der Waals surface area contributed by atoms with E-state index in [1.807, 2.05) is 0 Å². The molecule has 0 atom stereocenters. The van der Waals surface area contributed by atoms with Crippen LogP contribution in [0.2, 0.25) is 0 Å². The molecule has 0 amide bonds. The molecule has 0 spiro atoms. The summed E-state index contributed by atoms with van der Waals surface area (Å²) in [6.07, 6.45) is 0. The van der Waals surface area contributed by atoms with E-state index >= 15 is 0 Å². The minimum absolute atomic E-state index is 0.131. The predicted molar refractivity (Wildman–Crippen MR) is 62.7 cm³/mol. The molecule has 0 aliphatic carbocycles. The quantitative estimate of drug-likeness (QED) is 0.787. The van der Waals surface area contributed by atoms with E-state index in [9.17, 15) is 5.11 Å². The van der Waals surface area contributed by atoms with Crippen LogP contribution >= 0.6 is 11.3 Å². The van der Waals surface area contributed by atoms with Crippen molar-refractivity contribution in [3.8, 4) is 5.88 Å². The average Bonchev–Trinajstić information content (AvgIpc) is 2.57. The van der Waals surface area contributed by atoms with Gasteiger partial charge < -0.3 is 10.0 Å². The van der Waals surface area contributed by atoms with Gasteiger partial charge >= 0.3 is 0 Å². The first-order chi connectivity index (χ1) is 6.99. The molecule has 0 aromatic carbocycles. The molecule has 1 aliphatic heterocycles. The number of aromatic hydroxyl groups is 1. The molecule has 15 heavy (non-hydrogen) atoms. The van der Waals surface area contributed by atoms with Crippen LogP contribution in [0.25, 0.3) is 0 Å². The maximum atomic E-state index is 9.23. The number of thiazole rings is 1. The van der Waals surface area contributed by atoms with Crippen molar-refractivity contribution < 1.29 is 5.11 Å². The van der Waals surface area contributed by atoms with Gasteiger partial charge in [0.15, 0.2) is 5.13 Å². The van der Waals surface area contributed by atoms with E-state index in [1.54, 1.807) is 5.38 Å². The molecular weight excluding hydrogens is 210 g/mol. The molecule has 1 aromatic rings. The zero-order chi connectivity index (χ0) is 11.1. The van der Waals surface area contributed by atoms with Gasteiger partial charge in [-0.2, -0.15) is 4.98 Å². The lowest BCUT2D eigenvalue weighted by atomic mass is 10.0. The van der Waals surface area contributed by atoms with Crippen LogP contribution in [-0.4, -0.2) is 47.2 Å². The third kappa shape index (κ3) is 2.08. The largest absolute Gasteiger partial charge is 0.493 e. The second-order valence-electron chi connectivity index (χ2n) is 4.64. The monoisotopic (exact) mass is 227 g/mol. The standard InChI is InChI=1S/C10H17N3OS/c1-10(2)7-13(5-4-12(10)3)9-11-8(14)6-15-9/h6,14H,4-5,7H2,1-3H3. The van der Waals surface area contributed by atoms with Gasteiger partial charge in [-0.3, -0.25) is 4.90 Å². The third-order valence-corrected chi connectivity index (χ3v) is 3.96. The lowest BCUT2D eigenvalue weighted by Crippen LogP contribution is -2.57. The topological polar surface area (TPSA) is 39.6 Å². The van der Waals surface area contributed by atoms with Crippen LogP contribution in [0.15, 0.2) is 5.38 Å². The van der Waals surface area contributed by atoms with Crippen LogP contribution < -0.4 is 4.90 Å². The van der Waals surface area contributed by atoms with Crippen molar-refractivity contribution in [2.75, 3.05) is 31.6 Å². The summed E-state index contributed by atoms with van der Waals surface area (Å²) in [7, 11) is 2.15. The van der Waals surface area contributed by atoms with E-state index in [0.29, 0.717) is 0 Å². The first-order valence-corrected chi connectivity index (χ1v) is 5.98. The van der Waals surface area contributed by atoms with E-state index in [-0.39, 0.29) is 11.4 Å². The van der Waals surface area contributed by atoms with Crippen molar-refractivity contribution >= 4 is 16.5 Å². The summed E-state index contributed by atoms with van der Waals surface area (Å²) < 4.78 is 0. The molecule has 0 bridgehead atoms. The summed E-state index contributed by atoms with van der Waals surface area (Å²) in [4.78, 5) is 8.70. The zero-order valence-electron chi connectivity index (χ0n) is 9.40. The molecule has 0 radical (unpaired) electrons. The molecule has 5 heteroatoms. The fourth-order valence-electron chi connectivity index (χ4n) is 1.80. The van der Waals surface area contributed by atoms with E-state index in [0.717, 1.165) is 24.8 Å². The summed E-state index contributed by atoms with van der Waals surface area (Å²) in [5.41, 5.74) is 0.166. The average molecular weight is 227 g/mol. The summed E-state index contributed by atoms with van der Waals surface area (Å²) in [5.74, 6) is 0.131. The van der Waals surface area contributed by atoms with Gasteiger partial charge in [0.05, 0.1) is 5.38 Å². The van der Waals surface area contributed by atoms with Gasteiger partial charge in [-0.05, 0) is 20.9 Å². The number of likely N-dealkylation sites (N-methyl/N-ethyl adjacent to an activating group) is 1. The van der Waals surface area contributed by atoms with Gasteiger partial charge in [-0.15, -0.1) is 11.3 Å². The Balaban J connectivity index is 2.13. The highest BCUT2D eigenvalue weighted by atomic mass is 32.1. The lowest BCUT2D eigenvalue weighted by Gasteiger charge is -2.45. The second kappa shape index (κ2) is 3.64. The Hall–Kier alpha value is -0.810. The number of nitrogens with zero attached hydrogens (tertiary/aromatic N) is 3. The maximum absolute atomic E-state index is 9.23. The Morgan fingerprint density at radius 3 is 2.73 bits per heavy atom. The molecule has 1 aliphatic rings. The van der Waals surface area contributed by atoms with Crippen LogP contribution in [0.4, 0.5) is 5.13 Å². The van der Waals surface area contributed by atoms with Crippen molar-refractivity contribution in [2.45, 2.75) is 19.4 Å². The zero-order valence-corrected chi connectivity index (χ0v) is 10.2. The fraction of sp³-hybridized carbons (Fsp3) is 0.700.